The number of nitrogens with zero attached hydrogens (tertiary/aromatic N) is 3. The average molecular weight is 456 g/mol. The predicted molar refractivity (Wildman–Crippen MR) is 132 cm³/mol. The molecule has 5 rings (SSSR count). The van der Waals surface area contributed by atoms with E-state index in [4.69, 9.17) is 0 Å². The van der Waals surface area contributed by atoms with E-state index < -0.39 is 0 Å². The summed E-state index contributed by atoms with van der Waals surface area (Å²) in [5, 5.41) is 11.9. The number of pyridine rings is 1. The van der Waals surface area contributed by atoms with Crippen LogP contribution in [-0.2, 0) is 13.1 Å². The molecule has 0 bridgehead atoms. The zero-order valence-corrected chi connectivity index (χ0v) is 19.7. The third-order valence-corrected chi connectivity index (χ3v) is 6.55. The van der Waals surface area contributed by atoms with Crippen LogP contribution in [0.5, 0.6) is 5.75 Å². The van der Waals surface area contributed by atoms with E-state index in [1.165, 1.54) is 17.7 Å². The number of anilines is 2. The summed E-state index contributed by atoms with van der Waals surface area (Å²) in [7, 11) is 2.00. The monoisotopic (exact) mass is 455 g/mol. The number of phenolic OH excluding ortho intramolecular Hbond substituents is 1. The number of hydrogen-bond donors (Lipinski definition) is 1. The molecule has 34 heavy (non-hydrogen) atoms. The summed E-state index contributed by atoms with van der Waals surface area (Å²) >= 11 is 0. The van der Waals surface area contributed by atoms with Gasteiger partial charge in [-0.3, -0.25) is 9.78 Å². The van der Waals surface area contributed by atoms with Gasteiger partial charge >= 0.3 is 0 Å². The number of halogens is 1. The Labute approximate surface area is 198 Å². The Morgan fingerprint density at radius 3 is 2.41 bits per heavy atom. The SMILES string of the molecule is Cc1cc(C)c(N(C)c2c3c(c(O)c4ncccc24)C(=O)N(Cc2ccc(F)cc2)C3)c(C)c1. The molecule has 0 radical (unpaired) electrons. The van der Waals surface area contributed by atoms with Crippen LogP contribution in [0.4, 0.5) is 15.8 Å². The molecule has 0 saturated carbocycles. The fourth-order valence-corrected chi connectivity index (χ4v) is 5.27. The molecule has 2 heterocycles. The highest BCUT2D eigenvalue weighted by atomic mass is 19.1. The van der Waals surface area contributed by atoms with Crippen LogP contribution in [0.1, 0.15) is 38.2 Å². The molecular weight excluding hydrogens is 429 g/mol. The minimum atomic E-state index is -0.317. The summed E-state index contributed by atoms with van der Waals surface area (Å²) in [5.41, 5.74) is 7.67. The molecule has 1 aromatic heterocycles. The molecule has 0 atom stereocenters. The second-order valence-electron chi connectivity index (χ2n) is 9.04. The van der Waals surface area contributed by atoms with Gasteiger partial charge in [-0.25, -0.2) is 4.39 Å². The lowest BCUT2D eigenvalue weighted by Crippen LogP contribution is -2.23. The lowest BCUT2D eigenvalue weighted by atomic mass is 9.98. The fourth-order valence-electron chi connectivity index (χ4n) is 5.27. The number of amides is 1. The Balaban J connectivity index is 1.68. The summed E-state index contributed by atoms with van der Waals surface area (Å²) in [6.45, 7) is 6.90. The number of phenols is 1. The minimum absolute atomic E-state index is 0.0910. The number of hydrogen-bond acceptors (Lipinski definition) is 4. The smallest absolute Gasteiger partial charge is 0.258 e. The van der Waals surface area contributed by atoms with Crippen LogP contribution in [0.25, 0.3) is 10.9 Å². The topological polar surface area (TPSA) is 56.7 Å². The summed E-state index contributed by atoms with van der Waals surface area (Å²) < 4.78 is 13.4. The third kappa shape index (κ3) is 3.46. The van der Waals surface area contributed by atoms with Crippen molar-refractivity contribution in [3.05, 3.63) is 93.9 Å². The minimum Gasteiger partial charge on any atom is -0.505 e. The fraction of sp³-hybridized carbons (Fsp3) is 0.214. The molecule has 1 aliphatic rings. The highest BCUT2D eigenvalue weighted by Gasteiger charge is 2.36. The van der Waals surface area contributed by atoms with E-state index in [0.29, 0.717) is 18.6 Å². The number of fused-ring (bicyclic) bond motifs is 2. The molecule has 1 N–H and O–H groups in total. The van der Waals surface area contributed by atoms with Gasteiger partial charge in [0, 0.05) is 43.0 Å². The van der Waals surface area contributed by atoms with Gasteiger partial charge in [0.25, 0.3) is 5.91 Å². The van der Waals surface area contributed by atoms with Gasteiger partial charge in [0.05, 0.1) is 11.3 Å². The summed E-state index contributed by atoms with van der Waals surface area (Å²) in [6.07, 6.45) is 1.62. The quantitative estimate of drug-likeness (QED) is 0.414. The molecule has 172 valence electrons. The van der Waals surface area contributed by atoms with Crippen LogP contribution in [0.2, 0.25) is 0 Å². The normalized spacial score (nSPS) is 13.0. The van der Waals surface area contributed by atoms with Crippen molar-refractivity contribution in [2.45, 2.75) is 33.9 Å². The number of carbonyl (C=O) groups is 1. The number of aromatic hydroxyl groups is 1. The average Bonchev–Trinajstić information content (AvgIpc) is 3.10. The Kier molecular flexibility index (Phi) is 5.24. The molecule has 4 aromatic rings. The molecule has 0 spiro atoms. The first kappa shape index (κ1) is 21.9. The number of carbonyl (C=O) groups excluding carboxylic acids is 1. The summed E-state index contributed by atoms with van der Waals surface area (Å²) in [5.74, 6) is -0.661. The lowest BCUT2D eigenvalue weighted by molar-refractivity contribution is 0.0764. The molecule has 6 heteroatoms. The van der Waals surface area contributed by atoms with Crippen molar-refractivity contribution in [2.24, 2.45) is 0 Å². The molecule has 0 saturated heterocycles. The Hall–Kier alpha value is -3.93. The zero-order chi connectivity index (χ0) is 24.1. The van der Waals surface area contributed by atoms with Crippen molar-refractivity contribution in [3.8, 4) is 5.75 Å². The second kappa shape index (κ2) is 8.13. The molecule has 0 aliphatic carbocycles. The number of benzene rings is 3. The summed E-state index contributed by atoms with van der Waals surface area (Å²) in [6, 6.07) is 14.2. The van der Waals surface area contributed by atoms with Crippen molar-refractivity contribution in [3.63, 3.8) is 0 Å². The van der Waals surface area contributed by atoms with Crippen molar-refractivity contribution >= 4 is 28.2 Å². The first-order chi connectivity index (χ1) is 16.3. The van der Waals surface area contributed by atoms with Crippen LogP contribution in [-0.4, -0.2) is 27.9 Å². The molecular formula is C28H26FN3O2. The van der Waals surface area contributed by atoms with Gasteiger partial charge < -0.3 is 14.9 Å². The largest absolute Gasteiger partial charge is 0.505 e. The molecule has 1 amide bonds. The molecule has 0 fully saturated rings. The van der Waals surface area contributed by atoms with Gasteiger partial charge in [0.2, 0.25) is 0 Å². The highest BCUT2D eigenvalue weighted by molar-refractivity contribution is 6.12. The first-order valence-electron chi connectivity index (χ1n) is 11.2. The maximum Gasteiger partial charge on any atom is 0.258 e. The van der Waals surface area contributed by atoms with Gasteiger partial charge in [0.1, 0.15) is 11.3 Å². The number of aryl methyl sites for hydroxylation is 3. The van der Waals surface area contributed by atoms with Crippen molar-refractivity contribution in [1.82, 2.24) is 9.88 Å². The van der Waals surface area contributed by atoms with E-state index in [-0.39, 0.29) is 23.0 Å². The van der Waals surface area contributed by atoms with Crippen molar-refractivity contribution in [2.75, 3.05) is 11.9 Å². The van der Waals surface area contributed by atoms with Gasteiger partial charge in [-0.05, 0) is 61.7 Å². The maximum atomic E-state index is 13.5. The zero-order valence-electron chi connectivity index (χ0n) is 19.7. The van der Waals surface area contributed by atoms with Gasteiger partial charge in [-0.15, -0.1) is 0 Å². The second-order valence-corrected chi connectivity index (χ2v) is 9.04. The standard InChI is InChI=1S/C28H26FN3O2/c1-16-12-17(2)25(18(3)13-16)31(4)26-21-6-5-11-30-24(21)27(33)23-22(26)15-32(28(23)34)14-19-7-9-20(29)10-8-19/h5-13,33H,14-15H2,1-4H3. The van der Waals surface area contributed by atoms with Gasteiger partial charge in [-0.1, -0.05) is 29.8 Å². The van der Waals surface area contributed by atoms with Crippen LogP contribution in [0.15, 0.2) is 54.7 Å². The number of aromatic nitrogens is 1. The van der Waals surface area contributed by atoms with Crippen molar-refractivity contribution in [1.29, 1.82) is 0 Å². The maximum absolute atomic E-state index is 13.5. The van der Waals surface area contributed by atoms with E-state index in [2.05, 4.69) is 42.8 Å². The summed E-state index contributed by atoms with van der Waals surface area (Å²) in [4.78, 5) is 21.7. The Morgan fingerprint density at radius 2 is 1.74 bits per heavy atom. The van der Waals surface area contributed by atoms with Gasteiger partial charge in [-0.2, -0.15) is 0 Å². The van der Waals surface area contributed by atoms with Crippen LogP contribution >= 0.6 is 0 Å². The van der Waals surface area contributed by atoms with Crippen LogP contribution in [0, 0.1) is 26.6 Å². The van der Waals surface area contributed by atoms with Crippen LogP contribution < -0.4 is 4.90 Å². The van der Waals surface area contributed by atoms with Gasteiger partial charge in [0.15, 0.2) is 5.75 Å². The molecule has 5 nitrogen and oxygen atoms in total. The van der Waals surface area contributed by atoms with E-state index in [0.717, 1.165) is 39.0 Å². The lowest BCUT2D eigenvalue weighted by Gasteiger charge is -2.28. The Morgan fingerprint density at radius 1 is 1.06 bits per heavy atom. The highest BCUT2D eigenvalue weighted by Crippen LogP contribution is 2.46. The van der Waals surface area contributed by atoms with E-state index >= 15 is 0 Å². The van der Waals surface area contributed by atoms with Crippen molar-refractivity contribution < 1.29 is 14.3 Å². The molecule has 3 aromatic carbocycles. The van der Waals surface area contributed by atoms with E-state index in [1.54, 1.807) is 23.2 Å². The van der Waals surface area contributed by atoms with E-state index in [9.17, 15) is 14.3 Å². The first-order valence-corrected chi connectivity index (χ1v) is 11.2. The number of rotatable bonds is 4. The molecule has 1 aliphatic heterocycles. The van der Waals surface area contributed by atoms with E-state index in [1.807, 2.05) is 19.2 Å². The molecule has 0 unspecified atom stereocenters. The van der Waals surface area contributed by atoms with Crippen LogP contribution in [0.3, 0.4) is 0 Å². The predicted octanol–water partition coefficient (Wildman–Crippen LogP) is 5.93. The third-order valence-electron chi connectivity index (χ3n) is 6.55. The Bertz CT molecular complexity index is 1420.